The van der Waals surface area contributed by atoms with E-state index in [0.717, 1.165) is 38.5 Å². The molecule has 75 heavy (non-hydrogen) atoms. The van der Waals surface area contributed by atoms with E-state index < -0.39 is 12.1 Å². The number of hydrogen-bond acceptors (Lipinski definition) is 5. The van der Waals surface area contributed by atoms with E-state index in [2.05, 4.69) is 19.2 Å². The van der Waals surface area contributed by atoms with Crippen LogP contribution in [0.25, 0.3) is 0 Å². The van der Waals surface area contributed by atoms with Crippen LogP contribution in [0.2, 0.25) is 0 Å². The number of aliphatic hydroxyl groups excluding tert-OH is 2. The Morgan fingerprint density at radius 2 is 0.613 bits per heavy atom. The summed E-state index contributed by atoms with van der Waals surface area (Å²) in [6, 6.07) is -0.627. The van der Waals surface area contributed by atoms with Gasteiger partial charge in [-0.3, -0.25) is 9.59 Å². The SMILES string of the molecule is CCCCCCCCCCCCCCCCCCCCC/C=C/C(O)C(CO)NC(=O)CCCCCCCCCCCCCCCCCCCCCCCCCCOC(=O)CCCCCCCCCCCCCCC. The third kappa shape index (κ3) is 61.7. The number of allylic oxidation sites excluding steroid dienone is 1. The molecule has 0 aromatic carbocycles. The number of carbonyl (C=O) groups excluding carboxylic acids is 2. The van der Waals surface area contributed by atoms with Crippen molar-refractivity contribution in [2.75, 3.05) is 13.2 Å². The number of hydrogen-bond donors (Lipinski definition) is 3. The minimum Gasteiger partial charge on any atom is -0.466 e. The first-order valence-corrected chi connectivity index (χ1v) is 34.5. The third-order valence-corrected chi connectivity index (χ3v) is 16.3. The largest absolute Gasteiger partial charge is 0.466 e. The molecule has 0 aliphatic rings. The molecule has 0 aromatic rings. The van der Waals surface area contributed by atoms with Gasteiger partial charge in [0.15, 0.2) is 0 Å². The molecule has 0 radical (unpaired) electrons. The zero-order valence-corrected chi connectivity index (χ0v) is 51.1. The average molecular weight is 1060 g/mol. The van der Waals surface area contributed by atoms with Crippen LogP contribution < -0.4 is 5.32 Å². The van der Waals surface area contributed by atoms with Crippen LogP contribution in [0.15, 0.2) is 12.2 Å². The number of aliphatic hydroxyl groups is 2. The van der Waals surface area contributed by atoms with Gasteiger partial charge < -0.3 is 20.3 Å². The summed E-state index contributed by atoms with van der Waals surface area (Å²) in [7, 11) is 0. The van der Waals surface area contributed by atoms with Crippen LogP contribution in [0.5, 0.6) is 0 Å². The van der Waals surface area contributed by atoms with Gasteiger partial charge in [0.05, 0.1) is 25.4 Å². The number of nitrogens with one attached hydrogen (secondary N) is 1. The van der Waals surface area contributed by atoms with Crippen molar-refractivity contribution in [3.05, 3.63) is 12.2 Å². The first-order valence-electron chi connectivity index (χ1n) is 34.5. The van der Waals surface area contributed by atoms with E-state index in [1.807, 2.05) is 6.08 Å². The molecule has 1 amide bonds. The molecule has 0 bridgehead atoms. The van der Waals surface area contributed by atoms with Crippen molar-refractivity contribution in [3.8, 4) is 0 Å². The Morgan fingerprint density at radius 1 is 0.360 bits per heavy atom. The van der Waals surface area contributed by atoms with Crippen molar-refractivity contribution in [3.63, 3.8) is 0 Å². The molecular weight excluding hydrogens is 923 g/mol. The molecule has 0 heterocycles. The van der Waals surface area contributed by atoms with Gasteiger partial charge >= 0.3 is 5.97 Å². The monoisotopic (exact) mass is 1060 g/mol. The smallest absolute Gasteiger partial charge is 0.305 e. The lowest BCUT2D eigenvalue weighted by atomic mass is 10.0. The van der Waals surface area contributed by atoms with Crippen LogP contribution in [-0.2, 0) is 14.3 Å². The molecule has 6 nitrogen and oxygen atoms in total. The molecule has 2 atom stereocenters. The van der Waals surface area contributed by atoms with E-state index in [0.29, 0.717) is 19.4 Å². The molecular formula is C69H135NO5. The number of unbranched alkanes of at least 4 members (excludes halogenated alkanes) is 54. The van der Waals surface area contributed by atoms with Crippen molar-refractivity contribution >= 4 is 11.9 Å². The Hall–Kier alpha value is -1.40. The second-order valence-corrected chi connectivity index (χ2v) is 23.9. The van der Waals surface area contributed by atoms with E-state index in [1.165, 1.54) is 327 Å². The first kappa shape index (κ1) is 73.6. The van der Waals surface area contributed by atoms with Gasteiger partial charge in [-0.2, -0.15) is 0 Å². The highest BCUT2D eigenvalue weighted by molar-refractivity contribution is 5.76. The topological polar surface area (TPSA) is 95.9 Å². The van der Waals surface area contributed by atoms with Crippen LogP contribution in [0.4, 0.5) is 0 Å². The zero-order chi connectivity index (χ0) is 54.3. The Bertz CT molecular complexity index is 1130. The number of amides is 1. The minimum absolute atomic E-state index is 0.0175. The number of esters is 1. The molecule has 0 aromatic heterocycles. The Labute approximate surface area is 469 Å². The second kappa shape index (κ2) is 65.1. The molecule has 446 valence electrons. The van der Waals surface area contributed by atoms with E-state index in [9.17, 15) is 19.8 Å². The number of rotatable bonds is 65. The molecule has 0 aliphatic heterocycles. The summed E-state index contributed by atoms with van der Waals surface area (Å²) >= 11 is 0. The van der Waals surface area contributed by atoms with Crippen LogP contribution in [0.1, 0.15) is 393 Å². The Morgan fingerprint density at radius 3 is 0.907 bits per heavy atom. The highest BCUT2D eigenvalue weighted by atomic mass is 16.5. The third-order valence-electron chi connectivity index (χ3n) is 16.3. The van der Waals surface area contributed by atoms with Crippen molar-refractivity contribution < 1.29 is 24.5 Å². The fraction of sp³-hybridized carbons (Fsp3) is 0.942. The normalized spacial score (nSPS) is 12.5. The molecule has 0 rings (SSSR count). The number of carbonyl (C=O) groups is 2. The van der Waals surface area contributed by atoms with Gasteiger partial charge in [-0.25, -0.2) is 0 Å². The van der Waals surface area contributed by atoms with Crippen molar-refractivity contribution in [1.29, 1.82) is 0 Å². The second-order valence-electron chi connectivity index (χ2n) is 23.9. The predicted molar refractivity (Wildman–Crippen MR) is 329 cm³/mol. The van der Waals surface area contributed by atoms with E-state index in [1.54, 1.807) is 6.08 Å². The van der Waals surface area contributed by atoms with Gasteiger partial charge in [0.25, 0.3) is 0 Å². The van der Waals surface area contributed by atoms with E-state index >= 15 is 0 Å². The Kier molecular flexibility index (Phi) is 63.9. The van der Waals surface area contributed by atoms with Gasteiger partial charge in [-0.05, 0) is 32.1 Å². The maximum atomic E-state index is 12.5. The van der Waals surface area contributed by atoms with Crippen LogP contribution in [0, 0.1) is 0 Å². The lowest BCUT2D eigenvalue weighted by Gasteiger charge is -2.20. The van der Waals surface area contributed by atoms with Gasteiger partial charge in [0, 0.05) is 12.8 Å². The molecule has 0 spiro atoms. The van der Waals surface area contributed by atoms with Crippen molar-refractivity contribution in [2.24, 2.45) is 0 Å². The van der Waals surface area contributed by atoms with Gasteiger partial charge in [0.1, 0.15) is 0 Å². The summed E-state index contributed by atoms with van der Waals surface area (Å²) in [5.41, 5.74) is 0. The van der Waals surface area contributed by atoms with Crippen LogP contribution >= 0.6 is 0 Å². The highest BCUT2D eigenvalue weighted by Gasteiger charge is 2.18. The minimum atomic E-state index is -0.844. The summed E-state index contributed by atoms with van der Waals surface area (Å²) in [5, 5.41) is 23.2. The summed E-state index contributed by atoms with van der Waals surface area (Å²) in [6.07, 6.45) is 79.9. The average Bonchev–Trinajstić information content (AvgIpc) is 3.41. The van der Waals surface area contributed by atoms with Crippen LogP contribution in [0.3, 0.4) is 0 Å². The summed E-state index contributed by atoms with van der Waals surface area (Å²) < 4.78 is 5.49. The summed E-state index contributed by atoms with van der Waals surface area (Å²) in [5.74, 6) is -0.0448. The quantitative estimate of drug-likeness (QED) is 0.0320. The first-order chi connectivity index (χ1) is 37.0. The fourth-order valence-corrected chi connectivity index (χ4v) is 11.1. The Balaban J connectivity index is 3.39. The molecule has 2 unspecified atom stereocenters. The summed E-state index contributed by atoms with van der Waals surface area (Å²) in [4.78, 5) is 24.6. The van der Waals surface area contributed by atoms with Gasteiger partial charge in [-0.1, -0.05) is 360 Å². The molecule has 0 aliphatic carbocycles. The van der Waals surface area contributed by atoms with Crippen LogP contribution in [-0.4, -0.2) is 47.4 Å². The van der Waals surface area contributed by atoms with Crippen molar-refractivity contribution in [2.45, 2.75) is 405 Å². The van der Waals surface area contributed by atoms with Gasteiger partial charge in [-0.15, -0.1) is 0 Å². The molecule has 3 N–H and O–H groups in total. The predicted octanol–water partition coefficient (Wildman–Crippen LogP) is 22.0. The molecule has 6 heteroatoms. The fourth-order valence-electron chi connectivity index (χ4n) is 11.1. The maximum absolute atomic E-state index is 12.5. The lowest BCUT2D eigenvalue weighted by molar-refractivity contribution is -0.143. The van der Waals surface area contributed by atoms with Crippen molar-refractivity contribution in [1.82, 2.24) is 5.32 Å². The van der Waals surface area contributed by atoms with E-state index in [-0.39, 0.29) is 18.5 Å². The lowest BCUT2D eigenvalue weighted by Crippen LogP contribution is -2.45. The molecule has 0 fully saturated rings. The molecule has 0 saturated heterocycles. The maximum Gasteiger partial charge on any atom is 0.305 e. The van der Waals surface area contributed by atoms with E-state index in [4.69, 9.17) is 4.74 Å². The standard InChI is InChI=1S/C69H135NO5/c1-3-5-7-9-11-13-15-17-18-19-20-25-28-31-34-38-41-45-49-53-57-61-67(72)66(65-71)70-68(73)62-58-54-50-46-42-39-35-32-29-26-23-21-22-24-27-30-33-36-40-44-48-52-56-60-64-75-69(74)63-59-55-51-47-43-37-16-14-12-10-8-6-4-2/h57,61,66-67,71-72H,3-56,58-60,62-65H2,1-2H3,(H,70,73)/b61-57+. The van der Waals surface area contributed by atoms with Gasteiger partial charge in [0.2, 0.25) is 5.91 Å². The molecule has 0 saturated carbocycles. The zero-order valence-electron chi connectivity index (χ0n) is 51.1. The number of ether oxygens (including phenoxy) is 1. The highest BCUT2D eigenvalue weighted by Crippen LogP contribution is 2.19. The summed E-state index contributed by atoms with van der Waals surface area (Å²) in [6.45, 7) is 4.95.